The molecule has 6 heteroatoms. The zero-order valence-electron chi connectivity index (χ0n) is 43.1. The molecule has 0 amide bonds. The lowest BCUT2D eigenvalue weighted by molar-refractivity contribution is -0.167. The Morgan fingerprint density at radius 3 is 0.955 bits per heavy atom. The van der Waals surface area contributed by atoms with E-state index in [2.05, 4.69) is 142 Å². The Balaban J connectivity index is 4.55. The number of carbonyl (C=O) groups excluding carboxylic acids is 3. The van der Waals surface area contributed by atoms with Crippen LogP contribution in [0.3, 0.4) is 0 Å². The summed E-state index contributed by atoms with van der Waals surface area (Å²) in [4.78, 5) is 38.1. The number of allylic oxidation sites excluding steroid dienone is 20. The van der Waals surface area contributed by atoms with Crippen molar-refractivity contribution in [1.82, 2.24) is 0 Å². The molecule has 1 atom stereocenters. The van der Waals surface area contributed by atoms with Crippen LogP contribution in [-0.2, 0) is 28.6 Å². The molecule has 0 bridgehead atoms. The molecule has 0 saturated carbocycles. The first-order chi connectivity index (χ1) is 33.0. The highest BCUT2D eigenvalue weighted by atomic mass is 16.6. The van der Waals surface area contributed by atoms with Crippen molar-refractivity contribution in [3.63, 3.8) is 0 Å². The molecule has 0 aromatic carbocycles. The van der Waals surface area contributed by atoms with E-state index in [-0.39, 0.29) is 37.5 Å². The Morgan fingerprint density at radius 1 is 0.313 bits per heavy atom. The van der Waals surface area contributed by atoms with Gasteiger partial charge in [-0.2, -0.15) is 0 Å². The van der Waals surface area contributed by atoms with E-state index in [0.29, 0.717) is 19.3 Å². The molecule has 0 saturated heterocycles. The van der Waals surface area contributed by atoms with E-state index < -0.39 is 6.10 Å². The van der Waals surface area contributed by atoms with Gasteiger partial charge in [0.1, 0.15) is 13.2 Å². The van der Waals surface area contributed by atoms with Gasteiger partial charge in [-0.1, -0.05) is 194 Å². The van der Waals surface area contributed by atoms with Gasteiger partial charge in [0.05, 0.1) is 0 Å². The number of unbranched alkanes of at least 4 members (excludes halogenated alkanes) is 16. The van der Waals surface area contributed by atoms with Crippen LogP contribution in [0.5, 0.6) is 0 Å². The first kappa shape index (κ1) is 62.8. The molecular weight excluding hydrogens is 829 g/mol. The molecule has 0 unspecified atom stereocenters. The van der Waals surface area contributed by atoms with Crippen molar-refractivity contribution in [2.24, 2.45) is 0 Å². The zero-order valence-corrected chi connectivity index (χ0v) is 43.1. The number of hydrogen-bond acceptors (Lipinski definition) is 6. The lowest BCUT2D eigenvalue weighted by atomic mass is 10.1. The van der Waals surface area contributed by atoms with Gasteiger partial charge in [-0.3, -0.25) is 14.4 Å². The van der Waals surface area contributed by atoms with Crippen LogP contribution in [-0.4, -0.2) is 37.2 Å². The number of carbonyl (C=O) groups is 3. The molecule has 0 radical (unpaired) electrons. The third-order valence-electron chi connectivity index (χ3n) is 10.9. The molecule has 0 fully saturated rings. The fraction of sp³-hybridized carbons (Fsp3) is 0.623. The predicted octanol–water partition coefficient (Wildman–Crippen LogP) is 18.1. The van der Waals surface area contributed by atoms with Gasteiger partial charge in [0, 0.05) is 19.3 Å². The average molecular weight is 927 g/mol. The lowest BCUT2D eigenvalue weighted by Gasteiger charge is -2.18. The average Bonchev–Trinajstić information content (AvgIpc) is 3.33. The third-order valence-corrected chi connectivity index (χ3v) is 10.9. The maximum Gasteiger partial charge on any atom is 0.306 e. The molecule has 0 aromatic rings. The fourth-order valence-electron chi connectivity index (χ4n) is 6.86. The van der Waals surface area contributed by atoms with Gasteiger partial charge in [-0.05, 0) is 135 Å². The second-order valence-electron chi connectivity index (χ2n) is 17.4. The third kappa shape index (κ3) is 52.6. The molecule has 378 valence electrons. The van der Waals surface area contributed by atoms with Gasteiger partial charge in [-0.15, -0.1) is 0 Å². The molecule has 0 aliphatic rings. The second-order valence-corrected chi connectivity index (χ2v) is 17.4. The Bertz CT molecular complexity index is 1440. The molecule has 0 spiro atoms. The van der Waals surface area contributed by atoms with E-state index >= 15 is 0 Å². The molecule has 0 N–H and O–H groups in total. The van der Waals surface area contributed by atoms with Gasteiger partial charge in [0.25, 0.3) is 0 Å². The van der Waals surface area contributed by atoms with Crippen LogP contribution in [0, 0.1) is 0 Å². The zero-order chi connectivity index (χ0) is 48.6. The second kappa shape index (κ2) is 54.4. The fourth-order valence-corrected chi connectivity index (χ4v) is 6.86. The number of rotatable bonds is 47. The van der Waals surface area contributed by atoms with Gasteiger partial charge in [-0.25, -0.2) is 0 Å². The van der Waals surface area contributed by atoms with Crippen LogP contribution >= 0.6 is 0 Å². The maximum absolute atomic E-state index is 12.8. The standard InChI is InChI=1S/C61H98O6/c1-4-7-10-13-16-19-22-25-28-29-30-31-34-36-39-42-45-48-51-54-60(63)66-57-58(67-61(64)55-52-49-46-43-40-37-33-27-24-21-18-15-12-9-6-3)56-65-59(62)53-50-47-44-41-38-35-32-26-23-20-17-14-11-8-5-2/h7,10,16-21,25-28,30-33,36,39-40,43,58H,4-6,8-9,11-15,22-24,29,34-35,37-38,41-42,44-57H2,1-3H3/b10-7-,19-16-,20-17-,21-18-,28-25-,31-30-,32-26-,33-27-,39-36-,43-40-/t58-/m0/s1. The van der Waals surface area contributed by atoms with Gasteiger partial charge < -0.3 is 14.2 Å². The van der Waals surface area contributed by atoms with Crippen LogP contribution in [0.1, 0.15) is 226 Å². The minimum atomic E-state index is -0.821. The lowest BCUT2D eigenvalue weighted by Crippen LogP contribution is -2.30. The van der Waals surface area contributed by atoms with Crippen molar-refractivity contribution in [2.75, 3.05) is 13.2 Å². The summed E-state index contributed by atoms with van der Waals surface area (Å²) < 4.78 is 16.8. The van der Waals surface area contributed by atoms with Crippen LogP contribution in [0.15, 0.2) is 122 Å². The summed E-state index contributed by atoms with van der Waals surface area (Å²) in [6.07, 6.45) is 74.6. The minimum absolute atomic E-state index is 0.115. The Kier molecular flexibility index (Phi) is 51.0. The molecule has 0 heterocycles. The van der Waals surface area contributed by atoms with Crippen molar-refractivity contribution < 1.29 is 28.6 Å². The minimum Gasteiger partial charge on any atom is -0.462 e. The number of esters is 3. The number of ether oxygens (including phenoxy) is 3. The van der Waals surface area contributed by atoms with Gasteiger partial charge in [0.2, 0.25) is 0 Å². The van der Waals surface area contributed by atoms with Crippen LogP contribution < -0.4 is 0 Å². The highest BCUT2D eigenvalue weighted by molar-refractivity contribution is 5.71. The smallest absolute Gasteiger partial charge is 0.306 e. The van der Waals surface area contributed by atoms with E-state index in [1.807, 2.05) is 0 Å². The summed E-state index contributed by atoms with van der Waals surface area (Å²) in [5.74, 6) is -1.01. The maximum atomic E-state index is 12.8. The Morgan fingerprint density at radius 2 is 0.582 bits per heavy atom. The highest BCUT2D eigenvalue weighted by Gasteiger charge is 2.19. The quantitative estimate of drug-likeness (QED) is 0.0262. The van der Waals surface area contributed by atoms with Crippen molar-refractivity contribution in [2.45, 2.75) is 232 Å². The summed E-state index contributed by atoms with van der Waals surface area (Å²) >= 11 is 0. The van der Waals surface area contributed by atoms with Crippen molar-refractivity contribution in [1.29, 1.82) is 0 Å². The first-order valence-electron chi connectivity index (χ1n) is 27.0. The molecular formula is C61H98O6. The molecule has 0 aromatic heterocycles. The highest BCUT2D eigenvalue weighted by Crippen LogP contribution is 2.12. The SMILES string of the molecule is CC/C=C\C/C=C\C/C=C\C/C=C\C/C=C\CCCCCC(=O)OC[C@H](COC(=O)CCCCCCC/C=C\C/C=C\CCCCC)OC(=O)CCCC/C=C\C/C=C\C/C=C\CCCCC. The molecule has 6 nitrogen and oxygen atoms in total. The van der Waals surface area contributed by atoms with Crippen molar-refractivity contribution >= 4 is 17.9 Å². The Labute approximate surface area is 412 Å². The van der Waals surface area contributed by atoms with Crippen LogP contribution in [0.4, 0.5) is 0 Å². The van der Waals surface area contributed by atoms with E-state index in [4.69, 9.17) is 14.2 Å². The van der Waals surface area contributed by atoms with Crippen molar-refractivity contribution in [3.8, 4) is 0 Å². The van der Waals surface area contributed by atoms with E-state index in [1.165, 1.54) is 51.4 Å². The summed E-state index contributed by atoms with van der Waals surface area (Å²) in [6.45, 7) is 6.38. The van der Waals surface area contributed by atoms with E-state index in [1.54, 1.807) is 0 Å². The van der Waals surface area contributed by atoms with Gasteiger partial charge in [0.15, 0.2) is 6.10 Å². The van der Waals surface area contributed by atoms with Crippen molar-refractivity contribution in [3.05, 3.63) is 122 Å². The van der Waals surface area contributed by atoms with Crippen LogP contribution in [0.2, 0.25) is 0 Å². The number of hydrogen-bond donors (Lipinski definition) is 0. The molecule has 0 aliphatic heterocycles. The largest absolute Gasteiger partial charge is 0.462 e. The topological polar surface area (TPSA) is 78.9 Å². The molecule has 0 rings (SSSR count). The summed E-state index contributed by atoms with van der Waals surface area (Å²) in [6, 6.07) is 0. The van der Waals surface area contributed by atoms with E-state index in [9.17, 15) is 14.4 Å². The first-order valence-corrected chi connectivity index (χ1v) is 27.0. The summed E-state index contributed by atoms with van der Waals surface area (Å²) in [5.41, 5.74) is 0. The van der Waals surface area contributed by atoms with Gasteiger partial charge >= 0.3 is 17.9 Å². The monoisotopic (exact) mass is 927 g/mol. The summed E-state index contributed by atoms with van der Waals surface area (Å²) in [7, 11) is 0. The normalized spacial score (nSPS) is 13.1. The Hall–Kier alpha value is -4.19. The molecule has 67 heavy (non-hydrogen) atoms. The summed E-state index contributed by atoms with van der Waals surface area (Å²) in [5, 5.41) is 0. The van der Waals surface area contributed by atoms with Crippen LogP contribution in [0.25, 0.3) is 0 Å². The van der Waals surface area contributed by atoms with E-state index in [0.717, 1.165) is 128 Å². The predicted molar refractivity (Wildman–Crippen MR) is 288 cm³/mol. The molecule has 0 aliphatic carbocycles.